The quantitative estimate of drug-likeness (QED) is 0.702. The van der Waals surface area contributed by atoms with Gasteiger partial charge in [-0.05, 0) is 49.1 Å². The fourth-order valence-electron chi connectivity index (χ4n) is 3.79. The number of nitrogens with one attached hydrogen (secondary N) is 1. The summed E-state index contributed by atoms with van der Waals surface area (Å²) in [6.07, 6.45) is 4.52. The first-order valence-electron chi connectivity index (χ1n) is 9.89. The lowest BCUT2D eigenvalue weighted by atomic mass is 9.96. The Kier molecular flexibility index (Phi) is 5.47. The van der Waals surface area contributed by atoms with Crippen molar-refractivity contribution in [1.82, 2.24) is 4.90 Å². The van der Waals surface area contributed by atoms with Crippen molar-refractivity contribution in [2.24, 2.45) is 5.92 Å². The van der Waals surface area contributed by atoms with Crippen molar-refractivity contribution < 1.29 is 14.0 Å². The number of furan rings is 1. The smallest absolute Gasteiger partial charge is 0.257 e. The number of likely N-dealkylation sites (tertiary alicyclic amines) is 1. The number of carbonyl (C=O) groups excluding carboxylic acids is 2. The first kappa shape index (κ1) is 19.0. The van der Waals surface area contributed by atoms with E-state index in [1.807, 2.05) is 30.3 Å². The molecule has 1 aromatic heterocycles. The number of nitrogens with zero attached hydrogens (tertiary/aromatic N) is 1. The van der Waals surface area contributed by atoms with Gasteiger partial charge in [-0.15, -0.1) is 0 Å². The van der Waals surface area contributed by atoms with Gasteiger partial charge in [-0.3, -0.25) is 9.59 Å². The largest absolute Gasteiger partial charge is 0.472 e. The summed E-state index contributed by atoms with van der Waals surface area (Å²) in [6.45, 7) is 3.15. The van der Waals surface area contributed by atoms with Gasteiger partial charge in [0.15, 0.2) is 0 Å². The number of piperidine rings is 1. The van der Waals surface area contributed by atoms with E-state index >= 15 is 0 Å². The fraction of sp³-hybridized carbons (Fsp3) is 0.250. The Morgan fingerprint density at radius 3 is 2.62 bits per heavy atom. The second kappa shape index (κ2) is 8.35. The lowest BCUT2D eigenvalue weighted by molar-refractivity contribution is -0.121. The summed E-state index contributed by atoms with van der Waals surface area (Å²) >= 11 is 0. The monoisotopic (exact) mass is 388 g/mol. The highest BCUT2D eigenvalue weighted by molar-refractivity contribution is 5.96. The first-order chi connectivity index (χ1) is 14.1. The third-order valence-electron chi connectivity index (χ3n) is 5.33. The van der Waals surface area contributed by atoms with Crippen molar-refractivity contribution in [3.63, 3.8) is 0 Å². The number of amides is 2. The summed E-state index contributed by atoms with van der Waals surface area (Å²) in [5, 5.41) is 3.04. The van der Waals surface area contributed by atoms with Crippen LogP contribution in [-0.4, -0.2) is 29.8 Å². The van der Waals surface area contributed by atoms with Gasteiger partial charge in [0.1, 0.15) is 6.26 Å². The van der Waals surface area contributed by atoms with Crippen LogP contribution < -0.4 is 5.32 Å². The van der Waals surface area contributed by atoms with E-state index in [4.69, 9.17) is 4.42 Å². The molecular formula is C24H24N2O3. The van der Waals surface area contributed by atoms with Gasteiger partial charge in [-0.25, -0.2) is 0 Å². The van der Waals surface area contributed by atoms with Gasteiger partial charge in [-0.2, -0.15) is 0 Å². The van der Waals surface area contributed by atoms with Crippen LogP contribution in [0.3, 0.4) is 0 Å². The second-order valence-corrected chi connectivity index (χ2v) is 7.54. The maximum absolute atomic E-state index is 12.9. The molecule has 2 heterocycles. The molecule has 1 N–H and O–H groups in total. The standard InChI is InChI=1S/C24H24N2O3/c1-17-5-2-6-18(13-17)19-7-3-9-22(14-19)25-23(27)20-8-4-11-26(15-20)24(28)21-10-12-29-16-21/h2-3,5-7,9-10,12-14,16,20H,4,8,11,15H2,1H3,(H,25,27)/t20-/m0/s1. The number of hydrogen-bond acceptors (Lipinski definition) is 3. The summed E-state index contributed by atoms with van der Waals surface area (Å²) in [6, 6.07) is 17.8. The number of carbonyl (C=O) groups is 2. The summed E-state index contributed by atoms with van der Waals surface area (Å²) in [7, 11) is 0. The maximum atomic E-state index is 12.9. The van der Waals surface area contributed by atoms with Gasteiger partial charge in [0.2, 0.25) is 5.91 Å². The van der Waals surface area contributed by atoms with Gasteiger partial charge >= 0.3 is 0 Å². The van der Waals surface area contributed by atoms with Crippen molar-refractivity contribution in [3.8, 4) is 11.1 Å². The third-order valence-corrected chi connectivity index (χ3v) is 5.33. The summed E-state index contributed by atoms with van der Waals surface area (Å²) in [4.78, 5) is 27.1. The highest BCUT2D eigenvalue weighted by Gasteiger charge is 2.29. The van der Waals surface area contributed by atoms with Gasteiger partial charge < -0.3 is 14.6 Å². The van der Waals surface area contributed by atoms with Crippen molar-refractivity contribution in [1.29, 1.82) is 0 Å². The second-order valence-electron chi connectivity index (χ2n) is 7.54. The van der Waals surface area contributed by atoms with Crippen LogP contribution in [-0.2, 0) is 4.79 Å². The van der Waals surface area contributed by atoms with E-state index in [0.717, 1.165) is 29.7 Å². The molecule has 1 aliphatic heterocycles. The first-order valence-corrected chi connectivity index (χ1v) is 9.89. The molecule has 0 spiro atoms. The molecule has 0 radical (unpaired) electrons. The van der Waals surface area contributed by atoms with Gasteiger partial charge in [0.25, 0.3) is 5.91 Å². The zero-order valence-electron chi connectivity index (χ0n) is 16.4. The molecular weight excluding hydrogens is 364 g/mol. The zero-order chi connectivity index (χ0) is 20.2. The molecule has 3 aromatic rings. The predicted octanol–water partition coefficient (Wildman–Crippen LogP) is 4.75. The molecule has 2 amide bonds. The lowest BCUT2D eigenvalue weighted by Gasteiger charge is -2.31. The SMILES string of the molecule is Cc1cccc(-c2cccc(NC(=O)[C@H]3CCCN(C(=O)c4ccoc4)C3)c2)c1. The molecule has 1 aliphatic rings. The Balaban J connectivity index is 1.44. The van der Waals surface area contributed by atoms with Crippen molar-refractivity contribution in [2.75, 3.05) is 18.4 Å². The van der Waals surface area contributed by atoms with Crippen LogP contribution in [0.2, 0.25) is 0 Å². The fourth-order valence-corrected chi connectivity index (χ4v) is 3.79. The van der Waals surface area contributed by atoms with E-state index in [0.29, 0.717) is 18.7 Å². The summed E-state index contributed by atoms with van der Waals surface area (Å²) in [5.74, 6) is -0.351. The topological polar surface area (TPSA) is 62.6 Å². The molecule has 4 rings (SSSR count). The minimum absolute atomic E-state index is 0.0453. The van der Waals surface area contributed by atoms with E-state index in [1.165, 1.54) is 18.1 Å². The van der Waals surface area contributed by atoms with Crippen molar-refractivity contribution in [3.05, 3.63) is 78.3 Å². The summed E-state index contributed by atoms with van der Waals surface area (Å²) in [5.41, 5.74) is 4.67. The zero-order valence-corrected chi connectivity index (χ0v) is 16.4. The van der Waals surface area contributed by atoms with Gasteiger partial charge in [-0.1, -0.05) is 42.0 Å². The van der Waals surface area contributed by atoms with Crippen molar-refractivity contribution >= 4 is 17.5 Å². The molecule has 0 unspecified atom stereocenters. The molecule has 0 aliphatic carbocycles. The molecule has 1 saturated heterocycles. The van der Waals surface area contributed by atoms with E-state index in [9.17, 15) is 9.59 Å². The average Bonchev–Trinajstić information content (AvgIpc) is 3.28. The highest BCUT2D eigenvalue weighted by Crippen LogP contribution is 2.25. The maximum Gasteiger partial charge on any atom is 0.257 e. The van der Waals surface area contributed by atoms with Gasteiger partial charge in [0.05, 0.1) is 17.7 Å². The average molecular weight is 388 g/mol. The predicted molar refractivity (Wildman–Crippen MR) is 113 cm³/mol. The van der Waals surface area contributed by atoms with E-state index in [1.54, 1.807) is 11.0 Å². The molecule has 29 heavy (non-hydrogen) atoms. The van der Waals surface area contributed by atoms with Crippen LogP contribution in [0.5, 0.6) is 0 Å². The molecule has 148 valence electrons. The Hall–Kier alpha value is -3.34. The number of hydrogen-bond donors (Lipinski definition) is 1. The molecule has 1 fully saturated rings. The van der Waals surface area contributed by atoms with Crippen LogP contribution in [0, 0.1) is 12.8 Å². The minimum Gasteiger partial charge on any atom is -0.472 e. The molecule has 1 atom stereocenters. The van der Waals surface area contributed by atoms with Crippen LogP contribution in [0.15, 0.2) is 71.5 Å². The van der Waals surface area contributed by atoms with Crippen LogP contribution in [0.4, 0.5) is 5.69 Å². The molecule has 0 saturated carbocycles. The van der Waals surface area contributed by atoms with E-state index < -0.39 is 0 Å². The number of benzene rings is 2. The Morgan fingerprint density at radius 1 is 1.07 bits per heavy atom. The van der Waals surface area contributed by atoms with E-state index in [-0.39, 0.29) is 17.7 Å². The number of rotatable bonds is 4. The van der Waals surface area contributed by atoms with Crippen LogP contribution in [0.25, 0.3) is 11.1 Å². The van der Waals surface area contributed by atoms with Crippen LogP contribution >= 0.6 is 0 Å². The number of anilines is 1. The molecule has 2 aromatic carbocycles. The normalized spacial score (nSPS) is 16.4. The molecule has 5 nitrogen and oxygen atoms in total. The summed E-state index contributed by atoms with van der Waals surface area (Å²) < 4.78 is 5.01. The van der Waals surface area contributed by atoms with Crippen molar-refractivity contribution in [2.45, 2.75) is 19.8 Å². The Bertz CT molecular complexity index is 1010. The Morgan fingerprint density at radius 2 is 1.86 bits per heavy atom. The third kappa shape index (κ3) is 4.40. The molecule has 5 heteroatoms. The number of aryl methyl sites for hydroxylation is 1. The van der Waals surface area contributed by atoms with E-state index in [2.05, 4.69) is 30.4 Å². The highest BCUT2D eigenvalue weighted by atomic mass is 16.3. The Labute approximate surface area is 170 Å². The minimum atomic E-state index is -0.220. The van der Waals surface area contributed by atoms with Gasteiger partial charge in [0, 0.05) is 18.8 Å². The lowest BCUT2D eigenvalue weighted by Crippen LogP contribution is -2.43. The molecule has 0 bridgehead atoms. The van der Waals surface area contributed by atoms with Crippen LogP contribution in [0.1, 0.15) is 28.8 Å².